The Morgan fingerprint density at radius 2 is 2.11 bits per heavy atom. The molecule has 28 heavy (non-hydrogen) atoms. The Labute approximate surface area is 162 Å². The fourth-order valence-corrected chi connectivity index (χ4v) is 3.60. The standard InChI is InChI=1S/C20H22N6O2/c1-24-13-15(12-21-24)9-10-18(27)25-11-5-6-16(14-25)19-22-23-20(28)26(19)17-7-3-2-4-8-17/h2-4,7-10,12-13,16H,5-6,11,14H2,1H3,(H,23,28)/b10-9+. The summed E-state index contributed by atoms with van der Waals surface area (Å²) in [7, 11) is 1.84. The van der Waals surface area contributed by atoms with Gasteiger partial charge in [0, 0.05) is 43.9 Å². The van der Waals surface area contributed by atoms with Crippen molar-refractivity contribution < 1.29 is 4.79 Å². The fraction of sp³-hybridized carbons (Fsp3) is 0.300. The number of carbonyl (C=O) groups excluding carboxylic acids is 1. The van der Waals surface area contributed by atoms with Gasteiger partial charge < -0.3 is 4.90 Å². The molecular weight excluding hydrogens is 356 g/mol. The van der Waals surface area contributed by atoms with Crippen LogP contribution in [0.2, 0.25) is 0 Å². The van der Waals surface area contributed by atoms with Crippen LogP contribution < -0.4 is 5.69 Å². The van der Waals surface area contributed by atoms with Crippen molar-refractivity contribution in [1.82, 2.24) is 29.4 Å². The summed E-state index contributed by atoms with van der Waals surface area (Å²) in [6.07, 6.45) is 8.66. The lowest BCUT2D eigenvalue weighted by atomic mass is 9.97. The van der Waals surface area contributed by atoms with Crippen LogP contribution in [0.3, 0.4) is 0 Å². The van der Waals surface area contributed by atoms with Crippen LogP contribution >= 0.6 is 0 Å². The molecule has 1 saturated heterocycles. The van der Waals surface area contributed by atoms with Crippen molar-refractivity contribution in [2.24, 2.45) is 7.05 Å². The summed E-state index contributed by atoms with van der Waals surface area (Å²) in [5.41, 5.74) is 1.40. The van der Waals surface area contributed by atoms with Crippen molar-refractivity contribution in [3.8, 4) is 5.69 Å². The lowest BCUT2D eigenvalue weighted by Crippen LogP contribution is -2.39. The predicted octanol–water partition coefficient (Wildman–Crippen LogP) is 1.71. The summed E-state index contributed by atoms with van der Waals surface area (Å²) in [4.78, 5) is 26.8. The van der Waals surface area contributed by atoms with E-state index in [0.717, 1.165) is 24.1 Å². The molecule has 0 spiro atoms. The fourth-order valence-electron chi connectivity index (χ4n) is 3.60. The van der Waals surface area contributed by atoms with Crippen LogP contribution in [0.1, 0.15) is 30.1 Å². The van der Waals surface area contributed by atoms with Gasteiger partial charge in [0.2, 0.25) is 5.91 Å². The van der Waals surface area contributed by atoms with Crippen LogP contribution in [0.4, 0.5) is 0 Å². The number of para-hydroxylation sites is 1. The molecule has 0 saturated carbocycles. The Hall–Kier alpha value is -3.42. The Morgan fingerprint density at radius 1 is 1.29 bits per heavy atom. The zero-order valence-corrected chi connectivity index (χ0v) is 15.7. The van der Waals surface area contributed by atoms with Gasteiger partial charge in [0.05, 0.1) is 11.9 Å². The summed E-state index contributed by atoms with van der Waals surface area (Å²) in [5, 5.41) is 10.9. The minimum absolute atomic E-state index is 0.00338. The third-order valence-electron chi connectivity index (χ3n) is 4.95. The number of piperidine rings is 1. The molecule has 1 N–H and O–H groups in total. The first kappa shape index (κ1) is 18.0. The summed E-state index contributed by atoms with van der Waals surface area (Å²) in [5.74, 6) is 0.631. The number of likely N-dealkylation sites (tertiary alicyclic amines) is 1. The van der Waals surface area contributed by atoms with E-state index in [4.69, 9.17) is 0 Å². The quantitative estimate of drug-likeness (QED) is 0.700. The number of nitrogens with zero attached hydrogens (tertiary/aromatic N) is 5. The number of hydrogen-bond donors (Lipinski definition) is 1. The molecule has 1 aromatic carbocycles. The smallest absolute Gasteiger partial charge is 0.338 e. The van der Waals surface area contributed by atoms with E-state index in [0.29, 0.717) is 18.9 Å². The van der Waals surface area contributed by atoms with Crippen LogP contribution in [0.5, 0.6) is 0 Å². The van der Waals surface area contributed by atoms with E-state index in [1.807, 2.05) is 48.5 Å². The normalized spacial score (nSPS) is 17.3. The van der Waals surface area contributed by atoms with E-state index >= 15 is 0 Å². The van der Waals surface area contributed by atoms with Gasteiger partial charge in [-0.1, -0.05) is 18.2 Å². The number of aryl methyl sites for hydroxylation is 1. The van der Waals surface area contributed by atoms with Crippen molar-refractivity contribution >= 4 is 12.0 Å². The lowest BCUT2D eigenvalue weighted by molar-refractivity contribution is -0.127. The van der Waals surface area contributed by atoms with Gasteiger partial charge in [0.25, 0.3) is 0 Å². The Kier molecular flexibility index (Phi) is 4.92. The molecule has 0 bridgehead atoms. The molecule has 1 unspecified atom stereocenters. The number of benzene rings is 1. The minimum atomic E-state index is -0.263. The van der Waals surface area contributed by atoms with Crippen LogP contribution in [0.15, 0.2) is 53.6 Å². The molecule has 8 heteroatoms. The molecule has 0 aliphatic carbocycles. The van der Waals surface area contributed by atoms with Crippen molar-refractivity contribution in [2.75, 3.05) is 13.1 Å². The number of rotatable bonds is 4. The molecule has 1 amide bonds. The average Bonchev–Trinajstić information content (AvgIpc) is 3.32. The Bertz CT molecular complexity index is 1050. The first-order valence-corrected chi connectivity index (χ1v) is 9.30. The van der Waals surface area contributed by atoms with Crippen molar-refractivity contribution in [3.63, 3.8) is 0 Å². The third kappa shape index (κ3) is 3.66. The second-order valence-electron chi connectivity index (χ2n) is 6.96. The van der Waals surface area contributed by atoms with E-state index in [-0.39, 0.29) is 17.5 Å². The molecule has 144 valence electrons. The predicted molar refractivity (Wildman–Crippen MR) is 105 cm³/mol. The summed E-state index contributed by atoms with van der Waals surface area (Å²) in [6, 6.07) is 9.44. The van der Waals surface area contributed by atoms with Gasteiger partial charge in [-0.3, -0.25) is 9.48 Å². The zero-order chi connectivity index (χ0) is 19.5. The summed E-state index contributed by atoms with van der Waals surface area (Å²) in [6.45, 7) is 1.24. The molecule has 2 aromatic heterocycles. The van der Waals surface area contributed by atoms with Crippen LogP contribution in [-0.2, 0) is 11.8 Å². The van der Waals surface area contributed by atoms with Gasteiger partial charge in [-0.05, 0) is 31.1 Å². The first-order chi connectivity index (χ1) is 13.6. The number of amides is 1. The SMILES string of the molecule is Cn1cc(/C=C/C(=O)N2CCCC(c3n[nH]c(=O)n3-c3ccccc3)C2)cn1. The molecule has 0 radical (unpaired) electrons. The highest BCUT2D eigenvalue weighted by Crippen LogP contribution is 2.26. The maximum atomic E-state index is 12.6. The largest absolute Gasteiger partial charge is 0.347 e. The lowest BCUT2D eigenvalue weighted by Gasteiger charge is -2.31. The van der Waals surface area contributed by atoms with E-state index in [1.54, 1.807) is 27.6 Å². The molecule has 8 nitrogen and oxygen atoms in total. The number of H-pyrrole nitrogens is 1. The number of carbonyl (C=O) groups is 1. The topological polar surface area (TPSA) is 88.8 Å². The monoisotopic (exact) mass is 378 g/mol. The van der Waals surface area contributed by atoms with Gasteiger partial charge in [-0.15, -0.1) is 0 Å². The van der Waals surface area contributed by atoms with Crippen molar-refractivity contribution in [1.29, 1.82) is 0 Å². The molecule has 4 rings (SSSR count). The minimum Gasteiger partial charge on any atom is -0.338 e. The molecule has 1 atom stereocenters. The highest BCUT2D eigenvalue weighted by Gasteiger charge is 2.28. The number of aromatic amines is 1. The molecule has 1 aliphatic rings. The van der Waals surface area contributed by atoms with Gasteiger partial charge in [-0.25, -0.2) is 14.5 Å². The molecule has 1 fully saturated rings. The second kappa shape index (κ2) is 7.67. The van der Waals surface area contributed by atoms with E-state index in [2.05, 4.69) is 15.3 Å². The number of aromatic nitrogens is 5. The Balaban J connectivity index is 1.53. The maximum Gasteiger partial charge on any atom is 0.347 e. The second-order valence-corrected chi connectivity index (χ2v) is 6.96. The zero-order valence-electron chi connectivity index (χ0n) is 15.7. The van der Waals surface area contributed by atoms with Crippen molar-refractivity contribution in [3.05, 3.63) is 70.7 Å². The van der Waals surface area contributed by atoms with Gasteiger partial charge >= 0.3 is 5.69 Å². The van der Waals surface area contributed by atoms with Gasteiger partial charge in [-0.2, -0.15) is 10.2 Å². The first-order valence-electron chi connectivity index (χ1n) is 9.30. The van der Waals surface area contributed by atoms with Crippen LogP contribution in [0.25, 0.3) is 11.8 Å². The summed E-state index contributed by atoms with van der Waals surface area (Å²) >= 11 is 0. The van der Waals surface area contributed by atoms with Crippen LogP contribution in [0, 0.1) is 0 Å². The molecular formula is C20H22N6O2. The molecule has 3 heterocycles. The highest BCUT2D eigenvalue weighted by atomic mass is 16.2. The molecule has 3 aromatic rings. The van der Waals surface area contributed by atoms with E-state index < -0.39 is 0 Å². The molecule has 1 aliphatic heterocycles. The summed E-state index contributed by atoms with van der Waals surface area (Å²) < 4.78 is 3.30. The third-order valence-corrected chi connectivity index (χ3v) is 4.95. The van der Waals surface area contributed by atoms with Gasteiger partial charge in [0.15, 0.2) is 0 Å². The average molecular weight is 378 g/mol. The Morgan fingerprint density at radius 3 is 2.86 bits per heavy atom. The van der Waals surface area contributed by atoms with Gasteiger partial charge in [0.1, 0.15) is 5.82 Å². The number of hydrogen-bond acceptors (Lipinski definition) is 4. The van der Waals surface area contributed by atoms with E-state index in [9.17, 15) is 9.59 Å². The number of nitrogens with one attached hydrogen (secondary N) is 1. The van der Waals surface area contributed by atoms with Crippen LogP contribution in [-0.4, -0.2) is 48.4 Å². The maximum absolute atomic E-state index is 12.6. The van der Waals surface area contributed by atoms with E-state index in [1.165, 1.54) is 0 Å². The highest BCUT2D eigenvalue weighted by molar-refractivity contribution is 5.91. The van der Waals surface area contributed by atoms with Crippen molar-refractivity contribution in [2.45, 2.75) is 18.8 Å².